The Morgan fingerprint density at radius 2 is 1.95 bits per heavy atom. The van der Waals surface area contributed by atoms with E-state index in [1.807, 2.05) is 13.8 Å². The number of nitrogens with one attached hydrogen (secondary N) is 1. The first-order valence-corrected chi connectivity index (χ1v) is 8.34. The fraction of sp³-hybridized carbons (Fsp3) is 0.429. The van der Waals surface area contributed by atoms with Crippen molar-refractivity contribution >= 4 is 26.6 Å². The van der Waals surface area contributed by atoms with Gasteiger partial charge in [0.2, 0.25) is 10.0 Å². The summed E-state index contributed by atoms with van der Waals surface area (Å²) < 4.78 is 32.8. The molecular weight excluding hydrogens is 290 g/mol. The Kier molecular flexibility index (Phi) is 3.43. The molecule has 0 radical (unpaired) electrons. The molecule has 1 saturated heterocycles. The van der Waals surface area contributed by atoms with Gasteiger partial charge in [-0.2, -0.15) is 4.31 Å². The van der Waals surface area contributed by atoms with Crippen LogP contribution in [0, 0.1) is 0 Å². The number of aromatic nitrogens is 1. The number of ether oxygens (including phenoxy) is 1. The Morgan fingerprint density at radius 3 is 2.62 bits per heavy atom. The van der Waals surface area contributed by atoms with Crippen molar-refractivity contribution in [1.29, 1.82) is 0 Å². The Balaban J connectivity index is 2.06. The minimum atomic E-state index is -3.56. The van der Waals surface area contributed by atoms with Crippen LogP contribution in [0.2, 0.25) is 0 Å². The van der Waals surface area contributed by atoms with Crippen LogP contribution < -0.4 is 5.73 Å². The Labute approximate surface area is 123 Å². The smallest absolute Gasteiger partial charge is 0.245 e. The first kappa shape index (κ1) is 14.4. The molecule has 3 N–H and O–H groups in total. The number of H-pyrrole nitrogens is 1. The van der Waals surface area contributed by atoms with E-state index < -0.39 is 10.0 Å². The number of nitrogens with two attached hydrogens (primary N) is 1. The predicted molar refractivity (Wildman–Crippen MR) is 81.5 cm³/mol. The molecule has 1 aromatic heterocycles. The Morgan fingerprint density at radius 1 is 1.29 bits per heavy atom. The Bertz CT molecular complexity index is 759. The quantitative estimate of drug-likeness (QED) is 0.824. The van der Waals surface area contributed by atoms with Gasteiger partial charge in [0.05, 0.1) is 12.2 Å². The maximum atomic E-state index is 12.9. The summed E-state index contributed by atoms with van der Waals surface area (Å²) in [6.45, 7) is 4.49. The van der Waals surface area contributed by atoms with Crippen LogP contribution in [0.5, 0.6) is 0 Å². The third-order valence-electron chi connectivity index (χ3n) is 3.67. The highest BCUT2D eigenvalue weighted by atomic mass is 32.2. The molecule has 1 aromatic carbocycles. The fourth-order valence-electron chi connectivity index (χ4n) is 2.79. The predicted octanol–water partition coefficient (Wildman–Crippen LogP) is 1.55. The van der Waals surface area contributed by atoms with E-state index >= 15 is 0 Å². The van der Waals surface area contributed by atoms with Crippen LogP contribution in [-0.4, -0.2) is 43.0 Å². The first-order chi connectivity index (χ1) is 9.88. The number of morpholine rings is 1. The second-order valence-electron chi connectivity index (χ2n) is 5.54. The van der Waals surface area contributed by atoms with Crippen LogP contribution in [0.3, 0.4) is 0 Å². The van der Waals surface area contributed by atoms with E-state index in [-0.39, 0.29) is 17.1 Å². The van der Waals surface area contributed by atoms with Gasteiger partial charge in [-0.15, -0.1) is 0 Å². The average molecular weight is 309 g/mol. The molecule has 2 unspecified atom stereocenters. The summed E-state index contributed by atoms with van der Waals surface area (Å²) in [5.41, 5.74) is 7.08. The van der Waals surface area contributed by atoms with Crippen molar-refractivity contribution in [2.45, 2.75) is 31.0 Å². The Hall–Kier alpha value is -1.57. The van der Waals surface area contributed by atoms with Gasteiger partial charge in [-0.25, -0.2) is 8.42 Å². The molecule has 6 nitrogen and oxygen atoms in total. The molecule has 0 saturated carbocycles. The van der Waals surface area contributed by atoms with E-state index in [9.17, 15) is 8.42 Å². The highest BCUT2D eigenvalue weighted by Gasteiger charge is 2.33. The van der Waals surface area contributed by atoms with Crippen LogP contribution >= 0.6 is 0 Å². The fourth-order valence-corrected chi connectivity index (χ4v) is 4.54. The molecule has 2 aromatic rings. The minimum absolute atomic E-state index is 0.112. The SMILES string of the molecule is CC1CN(S(=O)(=O)c2c[nH]c3ccc(N)cc23)CC(C)O1. The first-order valence-electron chi connectivity index (χ1n) is 6.90. The van der Waals surface area contributed by atoms with E-state index in [0.717, 1.165) is 5.52 Å². The van der Waals surface area contributed by atoms with Crippen molar-refractivity contribution in [2.75, 3.05) is 18.8 Å². The van der Waals surface area contributed by atoms with Crippen LogP contribution in [0.15, 0.2) is 29.3 Å². The molecule has 7 heteroatoms. The number of anilines is 1. The van der Waals surface area contributed by atoms with Gasteiger partial charge in [0, 0.05) is 35.9 Å². The van der Waals surface area contributed by atoms with Crippen LogP contribution in [0.4, 0.5) is 5.69 Å². The van der Waals surface area contributed by atoms with Crippen molar-refractivity contribution in [2.24, 2.45) is 0 Å². The maximum absolute atomic E-state index is 12.9. The number of aromatic amines is 1. The van der Waals surface area contributed by atoms with Gasteiger partial charge in [-0.1, -0.05) is 0 Å². The van der Waals surface area contributed by atoms with Gasteiger partial charge < -0.3 is 15.5 Å². The molecule has 0 amide bonds. The highest BCUT2D eigenvalue weighted by molar-refractivity contribution is 7.89. The second-order valence-corrected chi connectivity index (χ2v) is 7.44. The monoisotopic (exact) mass is 309 g/mol. The largest absolute Gasteiger partial charge is 0.399 e. The lowest BCUT2D eigenvalue weighted by atomic mass is 10.2. The molecule has 1 aliphatic rings. The molecular formula is C14H19N3O3S. The van der Waals surface area contributed by atoms with Gasteiger partial charge in [-0.3, -0.25) is 0 Å². The summed E-state index contributed by atoms with van der Waals surface area (Å²) in [5, 5.41) is 0.627. The van der Waals surface area contributed by atoms with Gasteiger partial charge >= 0.3 is 0 Å². The molecule has 0 spiro atoms. The lowest BCUT2D eigenvalue weighted by Crippen LogP contribution is -2.48. The third-order valence-corrected chi connectivity index (χ3v) is 5.54. The van der Waals surface area contributed by atoms with Crippen molar-refractivity contribution < 1.29 is 13.2 Å². The summed E-state index contributed by atoms with van der Waals surface area (Å²) in [4.78, 5) is 3.26. The van der Waals surface area contributed by atoms with Gasteiger partial charge in [0.1, 0.15) is 4.90 Å². The molecule has 0 bridgehead atoms. The topological polar surface area (TPSA) is 88.4 Å². The number of nitrogen functional groups attached to an aromatic ring is 1. The maximum Gasteiger partial charge on any atom is 0.245 e. The van der Waals surface area contributed by atoms with Crippen LogP contribution in [0.25, 0.3) is 10.9 Å². The van der Waals surface area contributed by atoms with Crippen molar-refractivity contribution in [3.05, 3.63) is 24.4 Å². The van der Waals surface area contributed by atoms with Crippen molar-refractivity contribution in [1.82, 2.24) is 9.29 Å². The van der Waals surface area contributed by atoms with Gasteiger partial charge in [0.25, 0.3) is 0 Å². The van der Waals surface area contributed by atoms with E-state index in [0.29, 0.717) is 24.2 Å². The zero-order valence-electron chi connectivity index (χ0n) is 12.0. The van der Waals surface area contributed by atoms with E-state index in [1.165, 1.54) is 10.5 Å². The molecule has 2 heterocycles. The minimum Gasteiger partial charge on any atom is -0.399 e. The number of hydrogen-bond donors (Lipinski definition) is 2. The normalized spacial score (nSPS) is 24.5. The molecule has 3 rings (SSSR count). The molecule has 1 aliphatic heterocycles. The zero-order chi connectivity index (χ0) is 15.2. The van der Waals surface area contributed by atoms with Gasteiger partial charge in [0.15, 0.2) is 0 Å². The third kappa shape index (κ3) is 2.52. The van der Waals surface area contributed by atoms with E-state index in [1.54, 1.807) is 18.2 Å². The summed E-state index contributed by atoms with van der Waals surface area (Å²) in [6.07, 6.45) is 1.31. The lowest BCUT2D eigenvalue weighted by Gasteiger charge is -2.34. The molecule has 1 fully saturated rings. The number of hydrogen-bond acceptors (Lipinski definition) is 4. The number of sulfonamides is 1. The molecule has 21 heavy (non-hydrogen) atoms. The van der Waals surface area contributed by atoms with Crippen molar-refractivity contribution in [3.63, 3.8) is 0 Å². The van der Waals surface area contributed by atoms with E-state index in [2.05, 4.69) is 4.98 Å². The number of fused-ring (bicyclic) bond motifs is 1. The molecule has 0 aliphatic carbocycles. The summed E-state index contributed by atoms with van der Waals surface area (Å²) in [7, 11) is -3.56. The summed E-state index contributed by atoms with van der Waals surface area (Å²) >= 11 is 0. The second kappa shape index (κ2) is 5.01. The average Bonchev–Trinajstić information content (AvgIpc) is 2.81. The zero-order valence-corrected chi connectivity index (χ0v) is 12.9. The highest BCUT2D eigenvalue weighted by Crippen LogP contribution is 2.28. The summed E-state index contributed by atoms with van der Waals surface area (Å²) in [5.74, 6) is 0. The number of benzene rings is 1. The van der Waals surface area contributed by atoms with Crippen LogP contribution in [0.1, 0.15) is 13.8 Å². The lowest BCUT2D eigenvalue weighted by molar-refractivity contribution is -0.0440. The number of nitrogens with zero attached hydrogens (tertiary/aromatic N) is 1. The summed E-state index contributed by atoms with van der Waals surface area (Å²) in [6, 6.07) is 5.22. The molecule has 2 atom stereocenters. The molecule has 114 valence electrons. The van der Waals surface area contributed by atoms with E-state index in [4.69, 9.17) is 10.5 Å². The van der Waals surface area contributed by atoms with Crippen LogP contribution in [-0.2, 0) is 14.8 Å². The van der Waals surface area contributed by atoms with Crippen molar-refractivity contribution in [3.8, 4) is 0 Å². The standard InChI is InChI=1S/C14H19N3O3S/c1-9-7-17(8-10(2)20-9)21(18,19)14-6-16-13-4-3-11(15)5-12(13)14/h3-6,9-10,16H,7-8,15H2,1-2H3. The number of rotatable bonds is 2. The van der Waals surface area contributed by atoms with Gasteiger partial charge in [-0.05, 0) is 32.0 Å².